The Balaban J connectivity index is 1.83. The van der Waals surface area contributed by atoms with Crippen LogP contribution in [0.2, 0.25) is 0 Å². The van der Waals surface area contributed by atoms with E-state index in [1.807, 2.05) is 0 Å². The fraction of sp³-hybridized carbons (Fsp3) is 0.923. The van der Waals surface area contributed by atoms with Crippen molar-refractivity contribution in [3.63, 3.8) is 0 Å². The van der Waals surface area contributed by atoms with Gasteiger partial charge in [-0.05, 0) is 37.5 Å². The predicted molar refractivity (Wildman–Crippen MR) is 65.3 cm³/mol. The number of nitrogens with zero attached hydrogens (tertiary/aromatic N) is 2. The van der Waals surface area contributed by atoms with Crippen molar-refractivity contribution < 1.29 is 4.79 Å². The van der Waals surface area contributed by atoms with Gasteiger partial charge in [0.1, 0.15) is 0 Å². The van der Waals surface area contributed by atoms with E-state index >= 15 is 0 Å². The Kier molecular flexibility index (Phi) is 3.72. The molecule has 0 aromatic heterocycles. The Morgan fingerprint density at radius 2 is 1.12 bits per heavy atom. The summed E-state index contributed by atoms with van der Waals surface area (Å²) in [5, 5.41) is 0. The van der Waals surface area contributed by atoms with E-state index in [1.165, 1.54) is 25.7 Å². The van der Waals surface area contributed by atoms with Gasteiger partial charge in [-0.1, -0.05) is 13.8 Å². The number of rotatable bonds is 0. The minimum Gasteiger partial charge on any atom is -0.325 e. The minimum absolute atomic E-state index is 0.291. The normalized spacial score (nSPS) is 24.9. The molecule has 0 unspecified atom stereocenters. The quantitative estimate of drug-likeness (QED) is 0.620. The third-order valence-corrected chi connectivity index (χ3v) is 4.11. The summed E-state index contributed by atoms with van der Waals surface area (Å²) in [6.45, 7) is 8.42. The molecule has 92 valence electrons. The number of hydrogen-bond acceptors (Lipinski definition) is 1. The van der Waals surface area contributed by atoms with Crippen molar-refractivity contribution >= 4 is 6.03 Å². The number of carbonyl (C=O) groups is 1. The Morgan fingerprint density at radius 1 is 0.812 bits per heavy atom. The van der Waals surface area contributed by atoms with E-state index in [2.05, 4.69) is 23.6 Å². The summed E-state index contributed by atoms with van der Waals surface area (Å²) < 4.78 is 0. The number of urea groups is 1. The predicted octanol–water partition coefficient (Wildman–Crippen LogP) is 2.57. The lowest BCUT2D eigenvalue weighted by Crippen LogP contribution is -2.48. The summed E-state index contributed by atoms with van der Waals surface area (Å²) in [6, 6.07) is 0.291. The molecule has 3 nitrogen and oxygen atoms in total. The third kappa shape index (κ3) is 2.69. The van der Waals surface area contributed by atoms with Crippen molar-refractivity contribution in [2.24, 2.45) is 11.8 Å². The largest absolute Gasteiger partial charge is 0.325 e. The van der Waals surface area contributed by atoms with Crippen LogP contribution in [0.4, 0.5) is 4.79 Å². The van der Waals surface area contributed by atoms with Crippen molar-refractivity contribution in [1.29, 1.82) is 0 Å². The summed E-state index contributed by atoms with van der Waals surface area (Å²) in [5.41, 5.74) is 0. The Morgan fingerprint density at radius 3 is 1.44 bits per heavy atom. The summed E-state index contributed by atoms with van der Waals surface area (Å²) in [7, 11) is 0. The second kappa shape index (κ2) is 5.07. The second-order valence-electron chi connectivity index (χ2n) is 5.62. The molecule has 0 bridgehead atoms. The molecule has 2 saturated heterocycles. The van der Waals surface area contributed by atoms with Gasteiger partial charge in [-0.15, -0.1) is 0 Å². The first kappa shape index (κ1) is 11.7. The van der Waals surface area contributed by atoms with E-state index < -0.39 is 0 Å². The summed E-state index contributed by atoms with van der Waals surface area (Å²) >= 11 is 0. The first-order chi connectivity index (χ1) is 7.66. The molecule has 0 N–H and O–H groups in total. The van der Waals surface area contributed by atoms with E-state index in [0.29, 0.717) is 6.03 Å². The van der Waals surface area contributed by atoms with Crippen molar-refractivity contribution in [3.8, 4) is 0 Å². The molecule has 2 rings (SSSR count). The van der Waals surface area contributed by atoms with Crippen molar-refractivity contribution in [2.75, 3.05) is 26.2 Å². The van der Waals surface area contributed by atoms with E-state index in [-0.39, 0.29) is 0 Å². The molecule has 0 saturated carbocycles. The molecule has 0 radical (unpaired) electrons. The molecular formula is C13H24N2O. The zero-order valence-electron chi connectivity index (χ0n) is 10.6. The third-order valence-electron chi connectivity index (χ3n) is 4.11. The fourth-order valence-corrected chi connectivity index (χ4v) is 2.60. The maximum absolute atomic E-state index is 12.2. The first-order valence-corrected chi connectivity index (χ1v) is 6.70. The van der Waals surface area contributed by atoms with Gasteiger partial charge in [0.15, 0.2) is 0 Å². The molecule has 16 heavy (non-hydrogen) atoms. The van der Waals surface area contributed by atoms with Gasteiger partial charge >= 0.3 is 6.03 Å². The van der Waals surface area contributed by atoms with Gasteiger partial charge in [0, 0.05) is 26.2 Å². The van der Waals surface area contributed by atoms with Crippen LogP contribution < -0.4 is 0 Å². The highest BCUT2D eigenvalue weighted by Crippen LogP contribution is 2.20. The summed E-state index contributed by atoms with van der Waals surface area (Å²) in [6.07, 6.45) is 4.71. The van der Waals surface area contributed by atoms with Crippen LogP contribution in [0.25, 0.3) is 0 Å². The highest BCUT2D eigenvalue weighted by Gasteiger charge is 2.26. The van der Waals surface area contributed by atoms with Crippen LogP contribution >= 0.6 is 0 Å². The topological polar surface area (TPSA) is 23.6 Å². The number of piperidine rings is 2. The highest BCUT2D eigenvalue weighted by molar-refractivity contribution is 5.74. The van der Waals surface area contributed by atoms with Gasteiger partial charge in [-0.3, -0.25) is 0 Å². The molecule has 0 atom stereocenters. The van der Waals surface area contributed by atoms with Crippen LogP contribution in [-0.2, 0) is 0 Å². The number of hydrogen-bond donors (Lipinski definition) is 0. The van der Waals surface area contributed by atoms with Crippen molar-refractivity contribution in [3.05, 3.63) is 0 Å². The van der Waals surface area contributed by atoms with E-state index in [4.69, 9.17) is 0 Å². The molecule has 0 spiro atoms. The van der Waals surface area contributed by atoms with Crippen LogP contribution in [0, 0.1) is 11.8 Å². The monoisotopic (exact) mass is 224 g/mol. The SMILES string of the molecule is CC1CCN(C(=O)N2CCC(C)CC2)CC1. The van der Waals surface area contributed by atoms with Crippen LogP contribution in [0.1, 0.15) is 39.5 Å². The average molecular weight is 224 g/mol. The number of likely N-dealkylation sites (tertiary alicyclic amines) is 2. The van der Waals surface area contributed by atoms with Gasteiger partial charge in [0.05, 0.1) is 0 Å². The molecule has 3 heteroatoms. The summed E-state index contributed by atoms with van der Waals surface area (Å²) in [5.74, 6) is 1.59. The highest BCUT2D eigenvalue weighted by atomic mass is 16.2. The average Bonchev–Trinajstić information content (AvgIpc) is 2.30. The smallest absolute Gasteiger partial charge is 0.319 e. The Labute approximate surface area is 98.8 Å². The molecule has 2 aliphatic heterocycles. The molecule has 0 aromatic carbocycles. The maximum atomic E-state index is 12.2. The van der Waals surface area contributed by atoms with Gasteiger partial charge in [0.25, 0.3) is 0 Å². The molecule has 0 aromatic rings. The van der Waals surface area contributed by atoms with E-state index in [0.717, 1.165) is 38.0 Å². The van der Waals surface area contributed by atoms with Crippen LogP contribution in [0.3, 0.4) is 0 Å². The molecule has 2 aliphatic rings. The Hall–Kier alpha value is -0.730. The van der Waals surface area contributed by atoms with Gasteiger partial charge < -0.3 is 9.80 Å². The zero-order chi connectivity index (χ0) is 11.5. The second-order valence-corrected chi connectivity index (χ2v) is 5.62. The van der Waals surface area contributed by atoms with Crippen molar-refractivity contribution in [2.45, 2.75) is 39.5 Å². The zero-order valence-corrected chi connectivity index (χ0v) is 10.6. The lowest BCUT2D eigenvalue weighted by atomic mass is 9.98. The molecule has 2 amide bonds. The molecular weight excluding hydrogens is 200 g/mol. The molecule has 0 aliphatic carbocycles. The maximum Gasteiger partial charge on any atom is 0.319 e. The minimum atomic E-state index is 0.291. The lowest BCUT2D eigenvalue weighted by molar-refractivity contribution is 0.120. The number of amides is 2. The fourth-order valence-electron chi connectivity index (χ4n) is 2.60. The van der Waals surface area contributed by atoms with Crippen LogP contribution in [0.15, 0.2) is 0 Å². The van der Waals surface area contributed by atoms with E-state index in [1.54, 1.807) is 0 Å². The van der Waals surface area contributed by atoms with Crippen molar-refractivity contribution in [1.82, 2.24) is 9.80 Å². The van der Waals surface area contributed by atoms with Gasteiger partial charge in [-0.25, -0.2) is 4.79 Å². The summed E-state index contributed by atoms with van der Waals surface area (Å²) in [4.78, 5) is 16.3. The van der Waals surface area contributed by atoms with Gasteiger partial charge in [-0.2, -0.15) is 0 Å². The molecule has 2 fully saturated rings. The standard InChI is InChI=1S/C13H24N2O/c1-11-3-7-14(8-4-11)13(16)15-9-5-12(2)6-10-15/h11-12H,3-10H2,1-2H3. The van der Waals surface area contributed by atoms with Crippen LogP contribution in [0.5, 0.6) is 0 Å². The first-order valence-electron chi connectivity index (χ1n) is 6.70. The lowest BCUT2D eigenvalue weighted by Gasteiger charge is -2.37. The van der Waals surface area contributed by atoms with Crippen LogP contribution in [-0.4, -0.2) is 42.0 Å². The van der Waals surface area contributed by atoms with Gasteiger partial charge in [0.2, 0.25) is 0 Å². The van der Waals surface area contributed by atoms with E-state index in [9.17, 15) is 4.79 Å². The number of carbonyl (C=O) groups excluding carboxylic acids is 1. The Bertz CT molecular complexity index is 214. The molecule has 2 heterocycles.